The van der Waals surface area contributed by atoms with Gasteiger partial charge in [0.2, 0.25) is 0 Å². The molecule has 2 aliphatic heterocycles. The summed E-state index contributed by atoms with van der Waals surface area (Å²) in [7, 11) is -0.892. The van der Waals surface area contributed by atoms with E-state index < -0.39 is 16.4 Å². The fraction of sp³-hybridized carbons (Fsp3) is 0.947. The molecule has 0 saturated carbocycles. The molecular formula is C19H35NO4S. The molecule has 2 fully saturated rings. The highest BCUT2D eigenvalue weighted by Crippen LogP contribution is 2.47. The van der Waals surface area contributed by atoms with Gasteiger partial charge in [0.1, 0.15) is 5.60 Å². The molecule has 2 aliphatic rings. The maximum absolute atomic E-state index is 12.7. The van der Waals surface area contributed by atoms with Crippen LogP contribution in [0, 0.1) is 11.3 Å². The first-order valence-corrected chi connectivity index (χ1v) is 10.6. The Morgan fingerprint density at radius 2 is 1.76 bits per heavy atom. The van der Waals surface area contributed by atoms with E-state index in [4.69, 9.17) is 9.47 Å². The van der Waals surface area contributed by atoms with E-state index >= 15 is 0 Å². The predicted molar refractivity (Wildman–Crippen MR) is 101 cm³/mol. The third-order valence-corrected chi connectivity index (χ3v) is 7.44. The maximum atomic E-state index is 12.7. The molecular weight excluding hydrogens is 338 g/mol. The molecule has 1 amide bonds. The quantitative estimate of drug-likeness (QED) is 0.742. The van der Waals surface area contributed by atoms with Crippen LogP contribution in [0.2, 0.25) is 0 Å². The Hall–Kier alpha value is -0.620. The first-order chi connectivity index (χ1) is 11.3. The molecule has 0 aliphatic carbocycles. The van der Waals surface area contributed by atoms with Crippen LogP contribution >= 0.6 is 0 Å². The summed E-state index contributed by atoms with van der Waals surface area (Å²) < 4.78 is 24.0. The molecule has 0 radical (unpaired) electrons. The number of rotatable bonds is 2. The zero-order valence-corrected chi connectivity index (χ0v) is 17.7. The molecule has 0 N–H and O–H groups in total. The lowest BCUT2D eigenvalue weighted by Gasteiger charge is -2.43. The molecule has 0 aromatic carbocycles. The van der Waals surface area contributed by atoms with Crippen LogP contribution in [0.15, 0.2) is 0 Å². The van der Waals surface area contributed by atoms with Gasteiger partial charge in [0.05, 0.1) is 12.7 Å². The number of hydrogen-bond acceptors (Lipinski definition) is 4. The van der Waals surface area contributed by atoms with Gasteiger partial charge in [-0.25, -0.2) is 4.79 Å². The molecule has 0 bridgehead atoms. The van der Waals surface area contributed by atoms with E-state index in [1.165, 1.54) is 0 Å². The molecule has 0 aromatic heterocycles. The minimum Gasteiger partial charge on any atom is -0.444 e. The fourth-order valence-electron chi connectivity index (χ4n) is 3.72. The van der Waals surface area contributed by atoms with Gasteiger partial charge in [-0.05, 0) is 61.3 Å². The molecule has 25 heavy (non-hydrogen) atoms. The third kappa shape index (κ3) is 4.97. The number of piperidine rings is 1. The molecule has 2 rings (SSSR count). The summed E-state index contributed by atoms with van der Waals surface area (Å²) in [4.78, 5) is 14.1. The van der Waals surface area contributed by atoms with Gasteiger partial charge in [-0.1, -0.05) is 0 Å². The van der Waals surface area contributed by atoms with E-state index in [9.17, 15) is 9.00 Å². The van der Waals surface area contributed by atoms with E-state index in [-0.39, 0.29) is 28.3 Å². The summed E-state index contributed by atoms with van der Waals surface area (Å²) in [5.41, 5.74) is -0.428. The van der Waals surface area contributed by atoms with Gasteiger partial charge < -0.3 is 14.4 Å². The predicted octanol–water partition coefficient (Wildman–Crippen LogP) is 3.59. The Morgan fingerprint density at radius 3 is 2.24 bits per heavy atom. The van der Waals surface area contributed by atoms with Gasteiger partial charge in [-0.3, -0.25) is 4.21 Å². The first-order valence-electron chi connectivity index (χ1n) is 9.32. The highest BCUT2D eigenvalue weighted by molar-refractivity contribution is 7.86. The molecule has 146 valence electrons. The van der Waals surface area contributed by atoms with E-state index in [0.29, 0.717) is 25.4 Å². The molecule has 0 aromatic rings. The summed E-state index contributed by atoms with van der Waals surface area (Å²) in [6.07, 6.45) is 1.68. The number of carbonyl (C=O) groups excluding carboxylic acids is 1. The highest BCUT2D eigenvalue weighted by Gasteiger charge is 2.50. The lowest BCUT2D eigenvalue weighted by atomic mass is 9.70. The monoisotopic (exact) mass is 373 g/mol. The van der Waals surface area contributed by atoms with Crippen molar-refractivity contribution in [1.29, 1.82) is 0 Å². The Labute approximate surface area is 155 Å². The summed E-state index contributed by atoms with van der Waals surface area (Å²) in [5, 5.41) is 0. The summed E-state index contributed by atoms with van der Waals surface area (Å²) in [5.74, 6) is 0.963. The summed E-state index contributed by atoms with van der Waals surface area (Å²) in [6.45, 7) is 15.9. The van der Waals surface area contributed by atoms with Crippen molar-refractivity contribution in [2.45, 2.75) is 77.8 Å². The number of carbonyl (C=O) groups is 1. The molecule has 2 saturated heterocycles. The average Bonchev–Trinajstić information content (AvgIpc) is 2.75. The first kappa shape index (κ1) is 20.7. The van der Waals surface area contributed by atoms with Gasteiger partial charge in [0.25, 0.3) is 0 Å². The van der Waals surface area contributed by atoms with Crippen LogP contribution in [0.3, 0.4) is 0 Å². The average molecular weight is 374 g/mol. The highest BCUT2D eigenvalue weighted by atomic mass is 32.2. The van der Waals surface area contributed by atoms with Crippen LogP contribution in [-0.2, 0) is 20.3 Å². The third-order valence-electron chi connectivity index (χ3n) is 5.41. The number of likely N-dealkylation sites (tertiary alicyclic amines) is 1. The van der Waals surface area contributed by atoms with Gasteiger partial charge in [-0.2, -0.15) is 0 Å². The fourth-order valence-corrected chi connectivity index (χ4v) is 5.17. The zero-order chi connectivity index (χ0) is 19.0. The standard InChI is InChI=1S/C19H35NO4S/c1-14-15(12-25(22)18(5,6)7)19(13-23-14)8-10-20(11-9-19)16(21)24-17(2,3)4/h14-15H,8-13H2,1-7H3/t14-,15-,25+/m1/s1. The van der Waals surface area contributed by atoms with Crippen LogP contribution in [0.4, 0.5) is 4.79 Å². The largest absolute Gasteiger partial charge is 0.444 e. The van der Waals surface area contributed by atoms with E-state index in [2.05, 4.69) is 6.92 Å². The van der Waals surface area contributed by atoms with Gasteiger partial charge in [0, 0.05) is 45.7 Å². The normalized spacial score (nSPS) is 28.2. The Balaban J connectivity index is 2.02. The van der Waals surface area contributed by atoms with E-state index in [1.807, 2.05) is 41.5 Å². The van der Waals surface area contributed by atoms with Gasteiger partial charge in [0.15, 0.2) is 0 Å². The number of ether oxygens (including phenoxy) is 2. The number of amides is 1. The van der Waals surface area contributed by atoms with Crippen LogP contribution in [0.25, 0.3) is 0 Å². The van der Waals surface area contributed by atoms with Crippen LogP contribution in [0.5, 0.6) is 0 Å². The Morgan fingerprint density at radius 1 is 1.20 bits per heavy atom. The lowest BCUT2D eigenvalue weighted by molar-refractivity contribution is 0.00479. The van der Waals surface area contributed by atoms with Crippen LogP contribution in [-0.4, -0.2) is 57.1 Å². The smallest absolute Gasteiger partial charge is 0.410 e. The molecule has 3 atom stereocenters. The van der Waals surface area contributed by atoms with Crippen molar-refractivity contribution in [2.75, 3.05) is 25.4 Å². The second kappa shape index (κ2) is 7.18. The van der Waals surface area contributed by atoms with Gasteiger partial charge >= 0.3 is 6.09 Å². The van der Waals surface area contributed by atoms with Crippen molar-refractivity contribution >= 4 is 16.9 Å². The van der Waals surface area contributed by atoms with Gasteiger partial charge in [-0.15, -0.1) is 0 Å². The zero-order valence-electron chi connectivity index (χ0n) is 16.9. The number of hydrogen-bond donors (Lipinski definition) is 0. The molecule has 6 heteroatoms. The van der Waals surface area contributed by atoms with Crippen molar-refractivity contribution in [1.82, 2.24) is 4.90 Å². The summed E-state index contributed by atoms with van der Waals surface area (Å²) >= 11 is 0. The van der Waals surface area contributed by atoms with Crippen molar-refractivity contribution in [2.24, 2.45) is 11.3 Å². The number of nitrogens with zero attached hydrogens (tertiary/aromatic N) is 1. The van der Waals surface area contributed by atoms with Crippen molar-refractivity contribution in [3.8, 4) is 0 Å². The van der Waals surface area contributed by atoms with Crippen molar-refractivity contribution in [3.63, 3.8) is 0 Å². The second-order valence-electron chi connectivity index (χ2n) is 9.58. The Bertz CT molecular complexity index is 512. The minimum atomic E-state index is -0.892. The lowest BCUT2D eigenvalue weighted by Crippen LogP contribution is -2.49. The maximum Gasteiger partial charge on any atom is 0.410 e. The van der Waals surface area contributed by atoms with Crippen molar-refractivity contribution in [3.05, 3.63) is 0 Å². The summed E-state index contributed by atoms with van der Waals surface area (Å²) in [6, 6.07) is 0. The van der Waals surface area contributed by atoms with Crippen LogP contribution in [0.1, 0.15) is 61.3 Å². The molecule has 2 heterocycles. The SMILES string of the molecule is C[C@H]1OCC2(CCN(C(=O)OC(C)(C)C)CC2)[C@@H]1C[S@](=O)C(C)(C)C. The van der Waals surface area contributed by atoms with Crippen LogP contribution < -0.4 is 0 Å². The second-order valence-corrected chi connectivity index (χ2v) is 11.8. The molecule has 1 spiro atoms. The Kier molecular flexibility index (Phi) is 5.94. The molecule has 0 unspecified atom stereocenters. The topological polar surface area (TPSA) is 55.8 Å². The van der Waals surface area contributed by atoms with E-state index in [1.54, 1.807) is 4.90 Å². The van der Waals surface area contributed by atoms with E-state index in [0.717, 1.165) is 12.8 Å². The van der Waals surface area contributed by atoms with Crippen molar-refractivity contribution < 1.29 is 18.5 Å². The minimum absolute atomic E-state index is 0.0405. The molecule has 5 nitrogen and oxygen atoms in total.